The number of unbranched alkanes of at least 4 members (excludes halogenated alkanes) is 1. The van der Waals surface area contributed by atoms with Crippen LogP contribution in [0, 0.1) is 0 Å². The molecule has 0 aromatic carbocycles. The quantitative estimate of drug-likeness (QED) is 0.340. The van der Waals surface area contributed by atoms with E-state index in [1.54, 1.807) is 0 Å². The highest BCUT2D eigenvalue weighted by Gasteiger charge is 1.92. The molecule has 0 saturated carbocycles. The molecule has 0 aliphatic carbocycles. The Kier molecular flexibility index (Phi) is 8.81. The van der Waals surface area contributed by atoms with Gasteiger partial charge in [0.25, 0.3) is 0 Å². The van der Waals surface area contributed by atoms with Gasteiger partial charge in [-0.2, -0.15) is 0 Å². The maximum Gasteiger partial charge on any atom is 0.217 e. The Balaban J connectivity index is 0. The zero-order valence-corrected chi connectivity index (χ0v) is 8.65. The van der Waals surface area contributed by atoms with E-state index in [2.05, 4.69) is 20.1 Å². The van der Waals surface area contributed by atoms with Gasteiger partial charge in [-0.05, 0) is 12.8 Å². The summed E-state index contributed by atoms with van der Waals surface area (Å²) in [5, 5.41) is 0.787. The lowest BCUT2D eigenvalue weighted by atomic mass is 10.4. The van der Waals surface area contributed by atoms with Crippen LogP contribution in [0.3, 0.4) is 0 Å². The molecule has 0 unspecified atom stereocenters. The molecule has 5 nitrogen and oxygen atoms in total. The molecule has 0 heterocycles. The minimum Gasteiger partial charge on any atom is -0.726 e. The van der Waals surface area contributed by atoms with E-state index in [0.29, 0.717) is 6.42 Å². The predicted octanol–water partition coefficient (Wildman–Crippen LogP) is 1.01. The summed E-state index contributed by atoms with van der Waals surface area (Å²) in [4.78, 5) is 0. The summed E-state index contributed by atoms with van der Waals surface area (Å²) in [6, 6.07) is 0. The average molecular weight is 250 g/mol. The molecule has 0 saturated heterocycles. The SMILES string of the molecule is O=S(=O)([O-])OCCCCBr.[NH4+]. The van der Waals surface area contributed by atoms with Crippen molar-refractivity contribution in [3.63, 3.8) is 0 Å². The van der Waals surface area contributed by atoms with Crippen molar-refractivity contribution in [3.8, 4) is 0 Å². The summed E-state index contributed by atoms with van der Waals surface area (Å²) < 4.78 is 33.3. The average Bonchev–Trinajstić information content (AvgIpc) is 1.78. The fourth-order valence-corrected chi connectivity index (χ4v) is 1.08. The summed E-state index contributed by atoms with van der Waals surface area (Å²) in [5.41, 5.74) is 0. The van der Waals surface area contributed by atoms with Gasteiger partial charge in [0.15, 0.2) is 0 Å². The summed E-state index contributed by atoms with van der Waals surface area (Å²) in [5.74, 6) is 0. The molecule has 0 aliphatic heterocycles. The van der Waals surface area contributed by atoms with Crippen molar-refractivity contribution >= 4 is 26.3 Å². The zero-order valence-electron chi connectivity index (χ0n) is 6.25. The summed E-state index contributed by atoms with van der Waals surface area (Å²) in [6.45, 7) is -0.0164. The van der Waals surface area contributed by atoms with Crippen molar-refractivity contribution in [3.05, 3.63) is 0 Å². The Labute approximate surface area is 74.8 Å². The van der Waals surface area contributed by atoms with Crippen molar-refractivity contribution in [2.45, 2.75) is 12.8 Å². The number of hydrogen-bond acceptors (Lipinski definition) is 4. The van der Waals surface area contributed by atoms with Crippen molar-refractivity contribution in [1.29, 1.82) is 0 Å². The second kappa shape index (κ2) is 6.99. The van der Waals surface area contributed by atoms with Crippen molar-refractivity contribution in [2.24, 2.45) is 0 Å². The first-order chi connectivity index (χ1) is 4.56. The van der Waals surface area contributed by atoms with Crippen molar-refractivity contribution in [1.82, 2.24) is 6.15 Å². The Hall–Kier alpha value is 0.310. The van der Waals surface area contributed by atoms with Crippen LogP contribution < -0.4 is 6.15 Å². The van der Waals surface area contributed by atoms with E-state index in [9.17, 15) is 13.0 Å². The number of hydrogen-bond donors (Lipinski definition) is 1. The van der Waals surface area contributed by atoms with Crippen LogP contribution in [0.25, 0.3) is 0 Å². The zero-order chi connectivity index (χ0) is 8.04. The normalized spacial score (nSPS) is 10.7. The maximum absolute atomic E-state index is 9.80. The van der Waals surface area contributed by atoms with Gasteiger partial charge in [-0.1, -0.05) is 15.9 Å². The molecular weight excluding hydrogens is 238 g/mol. The lowest BCUT2D eigenvalue weighted by Gasteiger charge is -2.05. The maximum atomic E-state index is 9.80. The molecule has 70 valence electrons. The first-order valence-electron chi connectivity index (χ1n) is 2.72. The highest BCUT2D eigenvalue weighted by atomic mass is 79.9. The van der Waals surface area contributed by atoms with Gasteiger partial charge in [0, 0.05) is 5.33 Å². The standard InChI is InChI=1S/C4H9BrO4S.H3N/c5-3-1-2-4-9-10(6,7)8;/h1-4H2,(H,6,7,8);1H3. The molecule has 0 aromatic rings. The summed E-state index contributed by atoms with van der Waals surface area (Å²) in [7, 11) is -4.47. The van der Waals surface area contributed by atoms with Crippen LogP contribution >= 0.6 is 15.9 Å². The number of alkyl halides is 1. The van der Waals surface area contributed by atoms with Crippen LogP contribution in [0.5, 0.6) is 0 Å². The molecule has 0 radical (unpaired) electrons. The van der Waals surface area contributed by atoms with Crippen LogP contribution in [0.1, 0.15) is 12.8 Å². The monoisotopic (exact) mass is 249 g/mol. The van der Waals surface area contributed by atoms with E-state index in [-0.39, 0.29) is 12.8 Å². The molecule has 0 spiro atoms. The fraction of sp³-hybridized carbons (Fsp3) is 1.00. The minimum absolute atomic E-state index is 0. The summed E-state index contributed by atoms with van der Waals surface area (Å²) in [6.07, 6.45) is 1.38. The van der Waals surface area contributed by atoms with Gasteiger partial charge < -0.3 is 10.7 Å². The van der Waals surface area contributed by atoms with Gasteiger partial charge in [-0.15, -0.1) is 0 Å². The number of rotatable bonds is 5. The van der Waals surface area contributed by atoms with Gasteiger partial charge in [0.1, 0.15) is 0 Å². The Morgan fingerprint density at radius 2 is 1.91 bits per heavy atom. The van der Waals surface area contributed by atoms with Crippen LogP contribution in [0.15, 0.2) is 0 Å². The van der Waals surface area contributed by atoms with E-state index in [4.69, 9.17) is 0 Å². The van der Waals surface area contributed by atoms with Gasteiger partial charge in [0.05, 0.1) is 6.61 Å². The first-order valence-corrected chi connectivity index (χ1v) is 5.18. The Morgan fingerprint density at radius 1 is 1.36 bits per heavy atom. The third kappa shape index (κ3) is 13.3. The smallest absolute Gasteiger partial charge is 0.217 e. The molecule has 4 N–H and O–H groups in total. The third-order valence-electron chi connectivity index (χ3n) is 0.756. The van der Waals surface area contributed by atoms with Crippen molar-refractivity contribution < 1.29 is 17.2 Å². The molecule has 0 atom stereocenters. The molecule has 0 rings (SSSR count). The van der Waals surface area contributed by atoms with Crippen LogP contribution in [-0.2, 0) is 14.6 Å². The topological polar surface area (TPSA) is 103 Å². The van der Waals surface area contributed by atoms with Gasteiger partial charge in [-0.3, -0.25) is 4.18 Å². The second-order valence-corrected chi connectivity index (χ2v) is 3.47. The lowest BCUT2D eigenvalue weighted by Crippen LogP contribution is -2.05. The van der Waals surface area contributed by atoms with E-state index in [1.165, 1.54) is 0 Å². The fourth-order valence-electron chi connectivity index (χ4n) is 0.358. The minimum atomic E-state index is -4.47. The van der Waals surface area contributed by atoms with Crippen LogP contribution in [0.4, 0.5) is 0 Å². The molecule has 0 amide bonds. The molecular formula is C4H12BrNO4S. The molecule has 0 bridgehead atoms. The van der Waals surface area contributed by atoms with E-state index in [1.807, 2.05) is 0 Å². The molecule has 11 heavy (non-hydrogen) atoms. The number of halogens is 1. The molecule has 0 aliphatic rings. The van der Waals surface area contributed by atoms with E-state index in [0.717, 1.165) is 11.8 Å². The lowest BCUT2D eigenvalue weighted by molar-refractivity contribution is 0.258. The first kappa shape index (κ1) is 13.9. The Bertz CT molecular complexity index is 169. The van der Waals surface area contributed by atoms with Crippen LogP contribution in [0.2, 0.25) is 0 Å². The second-order valence-electron chi connectivity index (χ2n) is 1.63. The van der Waals surface area contributed by atoms with E-state index < -0.39 is 10.4 Å². The van der Waals surface area contributed by atoms with Gasteiger partial charge >= 0.3 is 0 Å². The van der Waals surface area contributed by atoms with Crippen molar-refractivity contribution in [2.75, 3.05) is 11.9 Å². The predicted molar refractivity (Wildman–Crippen MR) is 44.7 cm³/mol. The molecule has 0 fully saturated rings. The van der Waals surface area contributed by atoms with E-state index >= 15 is 0 Å². The van der Waals surface area contributed by atoms with Crippen LogP contribution in [-0.4, -0.2) is 24.9 Å². The molecule has 7 heteroatoms. The Morgan fingerprint density at radius 3 is 2.27 bits per heavy atom. The highest BCUT2D eigenvalue weighted by Crippen LogP contribution is 1.96. The largest absolute Gasteiger partial charge is 0.726 e. The number of quaternary nitrogens is 1. The third-order valence-corrected chi connectivity index (χ3v) is 1.77. The molecule has 0 aromatic heterocycles. The summed E-state index contributed by atoms with van der Waals surface area (Å²) >= 11 is 3.15. The van der Waals surface area contributed by atoms with Gasteiger partial charge in [-0.25, -0.2) is 8.42 Å². The highest BCUT2D eigenvalue weighted by molar-refractivity contribution is 9.09. The van der Waals surface area contributed by atoms with Gasteiger partial charge in [0.2, 0.25) is 10.4 Å².